The average molecular weight is 237 g/mol. The van der Waals surface area contributed by atoms with Crippen LogP contribution >= 0.6 is 0 Å². The molecule has 0 heterocycles. The van der Waals surface area contributed by atoms with Crippen molar-refractivity contribution in [3.8, 4) is 0 Å². The zero-order chi connectivity index (χ0) is 6.53. The maximum atomic E-state index is 9.81. The minimum absolute atomic E-state index is 0.0726. The van der Waals surface area contributed by atoms with Crippen LogP contribution in [0.1, 0.15) is 25.7 Å². The van der Waals surface area contributed by atoms with Gasteiger partial charge in [-0.15, -0.1) is 0 Å². The first-order valence-electron chi connectivity index (χ1n) is 3.25. The number of hydrogen-bond donors (Lipinski definition) is 0. The van der Waals surface area contributed by atoms with Gasteiger partial charge in [-0.25, -0.2) is 0 Å². The Morgan fingerprint density at radius 2 is 2.11 bits per heavy atom. The summed E-state index contributed by atoms with van der Waals surface area (Å²) in [6.07, 6.45) is 5.51. The molecule has 0 unspecified atom stereocenters. The van der Waals surface area contributed by atoms with E-state index in [1.54, 1.807) is 4.08 Å². The summed E-state index contributed by atoms with van der Waals surface area (Å²) < 4.78 is 2.64. The van der Waals surface area contributed by atoms with E-state index < -0.39 is 0 Å². The Balaban J connectivity index is 2.18. The van der Waals surface area contributed by atoms with Crippen LogP contribution in [0.3, 0.4) is 0 Å². The Kier molecular flexibility index (Phi) is 3.30. The fourth-order valence-electron chi connectivity index (χ4n) is 1.12. The molecule has 52 valence electrons. The van der Waals surface area contributed by atoms with Gasteiger partial charge in [0.1, 0.15) is 0 Å². The Labute approximate surface area is 65.8 Å². The topological polar surface area (TPSA) is 17.1 Å². The van der Waals surface area contributed by atoms with Crippen molar-refractivity contribution in [1.82, 2.24) is 0 Å². The number of rotatable bonds is 2. The quantitative estimate of drug-likeness (QED) is 0.320. The molecule has 1 rings (SSSR count). The third-order valence-electron chi connectivity index (χ3n) is 1.57. The van der Waals surface area contributed by atoms with Gasteiger partial charge in [0.05, 0.1) is 0 Å². The Morgan fingerprint density at radius 3 is 2.67 bits per heavy atom. The van der Waals surface area contributed by atoms with Crippen molar-refractivity contribution in [3.63, 3.8) is 0 Å². The fourth-order valence-corrected chi connectivity index (χ4v) is 3.37. The van der Waals surface area contributed by atoms with Crippen LogP contribution in [0.25, 0.3) is 0 Å². The molecule has 0 N–H and O–H groups in total. The van der Waals surface area contributed by atoms with E-state index in [-0.39, 0.29) is 21.2 Å². The van der Waals surface area contributed by atoms with Gasteiger partial charge in [-0.3, -0.25) is 0 Å². The fraction of sp³-hybridized carbons (Fsp3) is 0.714. The summed E-state index contributed by atoms with van der Waals surface area (Å²) in [7, 11) is 0. The molecule has 0 amide bonds. The van der Waals surface area contributed by atoms with Gasteiger partial charge in [-0.05, 0) is 0 Å². The molecule has 1 aliphatic rings. The normalized spacial score (nSPS) is 20.0. The molecule has 0 aromatic rings. The van der Waals surface area contributed by atoms with Gasteiger partial charge in [0.15, 0.2) is 0 Å². The number of hydrogen-bond acceptors (Lipinski definition) is 1. The van der Waals surface area contributed by atoms with Gasteiger partial charge < -0.3 is 0 Å². The van der Waals surface area contributed by atoms with Crippen molar-refractivity contribution < 1.29 is 26.0 Å². The Hall–Kier alpha value is 0.180. The first-order chi connectivity index (χ1) is 4.43. The molecule has 0 spiro atoms. The molecule has 0 aromatic carbocycles. The molecule has 1 fully saturated rings. The average Bonchev–Trinajstić information content (AvgIpc) is 2.34. The summed E-state index contributed by atoms with van der Waals surface area (Å²) in [6, 6.07) is 0. The molecule has 0 radical (unpaired) electrons. The van der Waals surface area contributed by atoms with Gasteiger partial charge >= 0.3 is 65.6 Å². The summed E-state index contributed by atoms with van der Waals surface area (Å²) in [4.78, 5) is 9.81. The first-order valence-corrected chi connectivity index (χ1v) is 5.74. The first kappa shape index (κ1) is 7.29. The van der Waals surface area contributed by atoms with Crippen LogP contribution in [-0.2, 0) is 4.79 Å². The van der Waals surface area contributed by atoms with Crippen molar-refractivity contribution >= 4 is 5.94 Å². The van der Waals surface area contributed by atoms with Gasteiger partial charge in [-0.2, -0.15) is 0 Å². The second-order valence-corrected chi connectivity index (χ2v) is 5.34. The van der Waals surface area contributed by atoms with Gasteiger partial charge in [0, 0.05) is 0 Å². The van der Waals surface area contributed by atoms with Crippen LogP contribution in [0, 0.1) is 0 Å². The van der Waals surface area contributed by atoms with Crippen molar-refractivity contribution in [2.24, 2.45) is 0 Å². The van der Waals surface area contributed by atoms with E-state index >= 15 is 0 Å². The summed E-state index contributed by atoms with van der Waals surface area (Å²) in [5.41, 5.74) is 0. The van der Waals surface area contributed by atoms with Crippen LogP contribution in [0.2, 0.25) is 0 Å². The molecule has 0 bridgehead atoms. The molecular formula is C7H10IO-. The summed E-state index contributed by atoms with van der Waals surface area (Å²) >= 11 is 0.0726. The van der Waals surface area contributed by atoms with Gasteiger partial charge in [0.2, 0.25) is 0 Å². The molecule has 0 aliphatic heterocycles. The molecule has 9 heavy (non-hydrogen) atoms. The predicted octanol–water partition coefficient (Wildman–Crippen LogP) is -1.64. The monoisotopic (exact) mass is 237 g/mol. The van der Waals surface area contributed by atoms with Crippen LogP contribution in [-0.4, -0.2) is 9.87 Å². The van der Waals surface area contributed by atoms with Crippen LogP contribution in [0.15, 0.2) is 4.08 Å². The number of carbonyl (C=O) groups excluding carboxylic acids is 1. The molecule has 0 atom stereocenters. The van der Waals surface area contributed by atoms with E-state index in [1.165, 1.54) is 25.7 Å². The number of halogens is 1. The van der Waals surface area contributed by atoms with Crippen molar-refractivity contribution in [2.45, 2.75) is 29.6 Å². The molecule has 1 saturated carbocycles. The molecule has 1 nitrogen and oxygen atoms in total. The SMILES string of the molecule is O=C=C[I-]C1CCCC1. The maximum absolute atomic E-state index is 9.81. The number of alkyl halides is 1. The van der Waals surface area contributed by atoms with Crippen molar-refractivity contribution in [2.75, 3.05) is 0 Å². The Bertz CT molecular complexity index is 121. The van der Waals surface area contributed by atoms with Crippen LogP contribution in [0.5, 0.6) is 0 Å². The third kappa shape index (κ3) is 2.50. The standard InChI is InChI=1S/C7H10IO/c9-6-5-8-7-3-1-2-4-7/h5,7H,1-4H2/q-1. The summed E-state index contributed by atoms with van der Waals surface area (Å²) in [5.74, 6) is 1.87. The molecule has 0 saturated heterocycles. The van der Waals surface area contributed by atoms with E-state index in [0.29, 0.717) is 0 Å². The van der Waals surface area contributed by atoms with E-state index in [4.69, 9.17) is 0 Å². The molecular weight excluding hydrogens is 227 g/mol. The van der Waals surface area contributed by atoms with Crippen molar-refractivity contribution in [1.29, 1.82) is 0 Å². The van der Waals surface area contributed by atoms with Crippen molar-refractivity contribution in [3.05, 3.63) is 4.08 Å². The van der Waals surface area contributed by atoms with E-state index in [1.807, 2.05) is 5.94 Å². The molecule has 1 aliphatic carbocycles. The second-order valence-electron chi connectivity index (χ2n) is 2.23. The Morgan fingerprint density at radius 1 is 1.44 bits per heavy atom. The van der Waals surface area contributed by atoms with Crippen LogP contribution < -0.4 is 21.2 Å². The van der Waals surface area contributed by atoms with E-state index in [0.717, 1.165) is 3.92 Å². The zero-order valence-corrected chi connectivity index (χ0v) is 7.43. The summed E-state index contributed by atoms with van der Waals surface area (Å²) in [5, 5.41) is 0. The van der Waals surface area contributed by atoms with Crippen LogP contribution in [0.4, 0.5) is 0 Å². The van der Waals surface area contributed by atoms with Gasteiger partial charge in [-0.1, -0.05) is 0 Å². The van der Waals surface area contributed by atoms with Gasteiger partial charge in [0.25, 0.3) is 0 Å². The zero-order valence-electron chi connectivity index (χ0n) is 5.27. The molecule has 0 aromatic heterocycles. The minimum atomic E-state index is 0.0726. The molecule has 2 heteroatoms. The van der Waals surface area contributed by atoms with E-state index in [2.05, 4.69) is 0 Å². The summed E-state index contributed by atoms with van der Waals surface area (Å²) in [6.45, 7) is 0. The third-order valence-corrected chi connectivity index (χ3v) is 4.45. The second kappa shape index (κ2) is 4.07. The van der Waals surface area contributed by atoms with E-state index in [9.17, 15) is 4.79 Å². The predicted molar refractivity (Wildman–Crippen MR) is 32.5 cm³/mol.